The maximum Gasteiger partial charge on any atom is 0.280 e. The molecule has 19 heavy (non-hydrogen) atoms. The van der Waals surface area contributed by atoms with E-state index in [1.54, 1.807) is 11.0 Å². The van der Waals surface area contributed by atoms with E-state index in [1.165, 1.54) is 22.8 Å². The molecule has 2 heterocycles. The number of nitrogens with one attached hydrogen (secondary N) is 3. The molecule has 2 rings (SSSR count). The van der Waals surface area contributed by atoms with Gasteiger partial charge >= 0.3 is 0 Å². The summed E-state index contributed by atoms with van der Waals surface area (Å²) in [5, 5.41) is 14.2. The number of thiophene rings is 1. The number of rotatable bonds is 4. The van der Waals surface area contributed by atoms with Crippen molar-refractivity contribution in [2.75, 3.05) is 44.6 Å². The van der Waals surface area contributed by atoms with Crippen molar-refractivity contribution in [2.45, 2.75) is 6.92 Å². The molecule has 3 N–H and O–H groups in total. The lowest BCUT2D eigenvalue weighted by atomic mass is 10.3. The number of hydrogen-bond donors (Lipinski definition) is 3. The molecule has 0 bridgehead atoms. The molecule has 0 saturated carbocycles. The second kappa shape index (κ2) is 6.66. The van der Waals surface area contributed by atoms with Crippen molar-refractivity contribution in [2.24, 2.45) is 0 Å². The molecule has 0 aromatic carbocycles. The van der Waals surface area contributed by atoms with Crippen molar-refractivity contribution in [1.82, 2.24) is 0 Å². The molecule has 5 nitrogen and oxygen atoms in total. The minimum absolute atomic E-state index is 0.00824. The molecule has 1 fully saturated rings. The lowest BCUT2D eigenvalue weighted by Gasteiger charge is -2.28. The highest BCUT2D eigenvalue weighted by Crippen LogP contribution is 2.21. The number of hydrogen-bond acceptors (Lipinski definition) is 3. The number of amides is 1. The lowest BCUT2D eigenvalue weighted by molar-refractivity contribution is -1.01. The van der Waals surface area contributed by atoms with Gasteiger partial charge in [-0.05, 0) is 18.4 Å². The molecule has 0 spiro atoms. The number of nitrogens with zero attached hydrogens (tertiary/aromatic N) is 1. The molecule has 1 aliphatic rings. The number of anilines is 1. The van der Waals surface area contributed by atoms with Gasteiger partial charge < -0.3 is 15.1 Å². The molecule has 0 aliphatic carbocycles. The van der Waals surface area contributed by atoms with Gasteiger partial charge in [-0.15, -0.1) is 11.3 Å². The van der Waals surface area contributed by atoms with Crippen molar-refractivity contribution in [3.8, 4) is 6.07 Å². The summed E-state index contributed by atoms with van der Waals surface area (Å²) in [7, 11) is 0. The van der Waals surface area contributed by atoms with E-state index in [-0.39, 0.29) is 5.91 Å². The third-order valence-corrected chi connectivity index (χ3v) is 4.44. The monoisotopic (exact) mass is 280 g/mol. The number of carbonyl (C=O) groups is 1. The van der Waals surface area contributed by atoms with Gasteiger partial charge in [0.15, 0.2) is 6.54 Å². The Morgan fingerprint density at radius 2 is 2.11 bits per heavy atom. The van der Waals surface area contributed by atoms with E-state index in [1.807, 2.05) is 5.38 Å². The van der Waals surface area contributed by atoms with Crippen LogP contribution in [0.15, 0.2) is 11.4 Å². The fraction of sp³-hybridized carbons (Fsp3) is 0.538. The van der Waals surface area contributed by atoms with Crippen LogP contribution in [0, 0.1) is 11.3 Å². The van der Waals surface area contributed by atoms with E-state index in [2.05, 4.69) is 18.3 Å². The summed E-state index contributed by atoms with van der Waals surface area (Å²) in [6, 6.07) is 3.82. The van der Waals surface area contributed by atoms with Crippen LogP contribution in [-0.4, -0.2) is 45.2 Å². The van der Waals surface area contributed by atoms with Crippen molar-refractivity contribution >= 4 is 22.2 Å². The van der Waals surface area contributed by atoms with Crippen LogP contribution in [0.5, 0.6) is 0 Å². The first kappa shape index (κ1) is 14.0. The second-order valence-electron chi connectivity index (χ2n) is 4.85. The average Bonchev–Trinajstić information content (AvgIpc) is 2.86. The SMILES string of the molecule is CC[NH+]1CC[NH+](CC(=O)Nc2sccc2C#N)CC1. The summed E-state index contributed by atoms with van der Waals surface area (Å²) in [6.45, 7) is 8.24. The normalized spacial score (nSPS) is 22.7. The molecule has 0 radical (unpaired) electrons. The average molecular weight is 280 g/mol. The van der Waals surface area contributed by atoms with Gasteiger partial charge in [0.1, 0.15) is 37.2 Å². The van der Waals surface area contributed by atoms with E-state index in [0.717, 1.165) is 26.2 Å². The standard InChI is InChI=1S/C13H18N4OS/c1-2-16-4-6-17(7-5-16)10-12(18)15-13-11(9-14)3-8-19-13/h3,8H,2,4-7,10H2,1H3,(H,15,18)/p+2. The first-order valence-electron chi connectivity index (χ1n) is 6.67. The maximum atomic E-state index is 12.0. The van der Waals surface area contributed by atoms with Crippen molar-refractivity contribution < 1.29 is 14.6 Å². The van der Waals surface area contributed by atoms with Crippen LogP contribution in [0.25, 0.3) is 0 Å². The van der Waals surface area contributed by atoms with E-state index in [4.69, 9.17) is 5.26 Å². The lowest BCUT2D eigenvalue weighted by Crippen LogP contribution is -3.28. The minimum Gasteiger partial charge on any atom is -0.326 e. The number of carbonyl (C=O) groups excluding carboxylic acids is 1. The third-order valence-electron chi connectivity index (χ3n) is 3.61. The highest BCUT2D eigenvalue weighted by molar-refractivity contribution is 7.14. The second-order valence-corrected chi connectivity index (χ2v) is 5.77. The number of nitriles is 1. The summed E-state index contributed by atoms with van der Waals surface area (Å²) < 4.78 is 0. The van der Waals surface area contributed by atoms with Gasteiger partial charge in [0.05, 0.1) is 12.1 Å². The molecule has 1 aliphatic heterocycles. The van der Waals surface area contributed by atoms with E-state index in [9.17, 15) is 4.79 Å². The molecule has 6 heteroatoms. The van der Waals surface area contributed by atoms with Crippen molar-refractivity contribution in [1.29, 1.82) is 5.26 Å². The molecule has 102 valence electrons. The topological polar surface area (TPSA) is 61.8 Å². The quantitative estimate of drug-likeness (QED) is 0.620. The first-order chi connectivity index (χ1) is 9.22. The Morgan fingerprint density at radius 1 is 1.42 bits per heavy atom. The summed E-state index contributed by atoms with van der Waals surface area (Å²) in [5.41, 5.74) is 0.550. The van der Waals surface area contributed by atoms with E-state index >= 15 is 0 Å². The van der Waals surface area contributed by atoms with Crippen LogP contribution in [0.2, 0.25) is 0 Å². The Hall–Kier alpha value is -1.42. The molecule has 1 saturated heterocycles. The molecular formula is C13H20N4OS+2. The maximum absolute atomic E-state index is 12.0. The third kappa shape index (κ3) is 3.77. The smallest absolute Gasteiger partial charge is 0.280 e. The highest BCUT2D eigenvalue weighted by Gasteiger charge is 2.23. The van der Waals surface area contributed by atoms with Crippen molar-refractivity contribution in [3.63, 3.8) is 0 Å². The van der Waals surface area contributed by atoms with Gasteiger partial charge in [-0.2, -0.15) is 5.26 Å². The van der Waals surface area contributed by atoms with Crippen LogP contribution in [0.3, 0.4) is 0 Å². The summed E-state index contributed by atoms with van der Waals surface area (Å²) in [4.78, 5) is 14.9. The predicted octanol–water partition coefficient (Wildman–Crippen LogP) is -1.64. The van der Waals surface area contributed by atoms with Gasteiger partial charge in [0, 0.05) is 0 Å². The zero-order valence-electron chi connectivity index (χ0n) is 11.2. The number of quaternary nitrogens is 2. The van der Waals surface area contributed by atoms with Crippen molar-refractivity contribution in [3.05, 3.63) is 17.0 Å². The fourth-order valence-electron chi connectivity index (χ4n) is 2.38. The highest BCUT2D eigenvalue weighted by atomic mass is 32.1. The fourth-order valence-corrected chi connectivity index (χ4v) is 3.13. The van der Waals surface area contributed by atoms with E-state index < -0.39 is 0 Å². The largest absolute Gasteiger partial charge is 0.326 e. The minimum atomic E-state index is 0.00824. The van der Waals surface area contributed by atoms with Gasteiger partial charge in [-0.1, -0.05) is 0 Å². The summed E-state index contributed by atoms with van der Waals surface area (Å²) in [6.07, 6.45) is 0. The van der Waals surface area contributed by atoms with Crippen LogP contribution in [-0.2, 0) is 4.79 Å². The zero-order chi connectivity index (χ0) is 13.7. The molecule has 1 aromatic rings. The van der Waals surface area contributed by atoms with Crippen LogP contribution in [0.4, 0.5) is 5.00 Å². The van der Waals surface area contributed by atoms with E-state index in [0.29, 0.717) is 17.1 Å². The zero-order valence-corrected chi connectivity index (χ0v) is 12.0. The molecule has 0 atom stereocenters. The summed E-state index contributed by atoms with van der Waals surface area (Å²) >= 11 is 1.40. The predicted molar refractivity (Wildman–Crippen MR) is 74.5 cm³/mol. The summed E-state index contributed by atoms with van der Waals surface area (Å²) in [5.74, 6) is 0.00824. The van der Waals surface area contributed by atoms with Gasteiger partial charge in [-0.3, -0.25) is 4.79 Å². The Kier molecular flexibility index (Phi) is 4.91. The first-order valence-corrected chi connectivity index (χ1v) is 7.55. The Balaban J connectivity index is 1.81. The van der Waals surface area contributed by atoms with Gasteiger partial charge in [0.25, 0.3) is 5.91 Å². The number of likely N-dealkylation sites (N-methyl/N-ethyl adjacent to an activating group) is 1. The van der Waals surface area contributed by atoms with Gasteiger partial charge in [-0.25, -0.2) is 0 Å². The van der Waals surface area contributed by atoms with Gasteiger partial charge in [0.2, 0.25) is 0 Å². The van der Waals surface area contributed by atoms with Crippen LogP contribution >= 0.6 is 11.3 Å². The molecule has 1 amide bonds. The molecule has 1 aromatic heterocycles. The Morgan fingerprint density at radius 3 is 2.74 bits per heavy atom. The van der Waals surface area contributed by atoms with Crippen LogP contribution in [0.1, 0.15) is 12.5 Å². The molecular weight excluding hydrogens is 260 g/mol. The van der Waals surface area contributed by atoms with Crippen LogP contribution < -0.4 is 15.1 Å². The Labute approximate surface area is 117 Å². The molecule has 0 unspecified atom stereocenters. The Bertz CT molecular complexity index is 471. The number of piperazine rings is 1.